The van der Waals surface area contributed by atoms with Gasteiger partial charge in [-0.2, -0.15) is 11.8 Å². The molecule has 0 aromatic heterocycles. The minimum atomic E-state index is -0.899. The standard InChI is InChI=1S/C9H16N2O3S/c1-9(6-14-2)7(12)11(4-5-15-3)8(13)10-9/h4-6H2,1-3H3,(H,10,13)/t9-/m1/s1. The Morgan fingerprint density at radius 2 is 2.20 bits per heavy atom. The summed E-state index contributed by atoms with van der Waals surface area (Å²) < 4.78 is 4.93. The summed E-state index contributed by atoms with van der Waals surface area (Å²) >= 11 is 1.60. The van der Waals surface area contributed by atoms with Gasteiger partial charge in [0.1, 0.15) is 5.54 Å². The Hall–Kier alpha value is -0.750. The molecular formula is C9H16N2O3S. The fourth-order valence-electron chi connectivity index (χ4n) is 1.52. The second-order valence-electron chi connectivity index (χ2n) is 3.64. The molecule has 3 amide bonds. The minimum absolute atomic E-state index is 0.202. The molecule has 1 saturated heterocycles. The van der Waals surface area contributed by atoms with E-state index in [-0.39, 0.29) is 18.5 Å². The number of urea groups is 1. The lowest BCUT2D eigenvalue weighted by molar-refractivity contribution is -0.132. The van der Waals surface area contributed by atoms with Crippen LogP contribution in [0, 0.1) is 0 Å². The highest BCUT2D eigenvalue weighted by molar-refractivity contribution is 7.98. The van der Waals surface area contributed by atoms with Crippen molar-refractivity contribution in [2.24, 2.45) is 0 Å². The summed E-state index contributed by atoms with van der Waals surface area (Å²) in [6.07, 6.45) is 1.94. The van der Waals surface area contributed by atoms with Gasteiger partial charge in [0.2, 0.25) is 0 Å². The molecule has 1 atom stereocenters. The van der Waals surface area contributed by atoms with Crippen LogP contribution in [0.25, 0.3) is 0 Å². The molecule has 1 aliphatic heterocycles. The molecule has 0 aliphatic carbocycles. The fourth-order valence-corrected chi connectivity index (χ4v) is 1.88. The molecular weight excluding hydrogens is 216 g/mol. The highest BCUT2D eigenvalue weighted by atomic mass is 32.2. The van der Waals surface area contributed by atoms with Crippen molar-refractivity contribution in [1.82, 2.24) is 10.2 Å². The number of thioether (sulfide) groups is 1. The summed E-state index contributed by atoms with van der Waals surface area (Å²) in [5.74, 6) is 0.547. The lowest BCUT2D eigenvalue weighted by Crippen LogP contribution is -2.48. The Kier molecular flexibility index (Phi) is 3.98. The van der Waals surface area contributed by atoms with Crippen molar-refractivity contribution >= 4 is 23.7 Å². The van der Waals surface area contributed by atoms with Crippen LogP contribution in [0.3, 0.4) is 0 Å². The molecule has 86 valence electrons. The average molecular weight is 232 g/mol. The molecule has 0 bridgehead atoms. The number of nitrogens with one attached hydrogen (secondary N) is 1. The van der Waals surface area contributed by atoms with Crippen LogP contribution < -0.4 is 5.32 Å². The van der Waals surface area contributed by atoms with Gasteiger partial charge in [0, 0.05) is 19.4 Å². The summed E-state index contributed by atoms with van der Waals surface area (Å²) in [6.45, 7) is 2.33. The van der Waals surface area contributed by atoms with E-state index >= 15 is 0 Å². The van der Waals surface area contributed by atoms with Crippen LogP contribution in [-0.2, 0) is 9.53 Å². The third kappa shape index (κ3) is 2.43. The van der Waals surface area contributed by atoms with Crippen LogP contribution in [0.4, 0.5) is 4.79 Å². The highest BCUT2D eigenvalue weighted by Crippen LogP contribution is 2.17. The first-order valence-electron chi connectivity index (χ1n) is 4.67. The summed E-state index contributed by atoms with van der Waals surface area (Å²) in [6, 6.07) is -0.325. The van der Waals surface area contributed by atoms with E-state index in [2.05, 4.69) is 5.32 Å². The van der Waals surface area contributed by atoms with Gasteiger partial charge in [0.15, 0.2) is 0 Å². The van der Waals surface area contributed by atoms with Crippen molar-refractivity contribution < 1.29 is 14.3 Å². The van der Waals surface area contributed by atoms with Gasteiger partial charge in [-0.05, 0) is 13.2 Å². The number of nitrogens with zero attached hydrogens (tertiary/aromatic N) is 1. The number of hydrogen-bond acceptors (Lipinski definition) is 4. The maximum atomic E-state index is 11.9. The van der Waals surface area contributed by atoms with E-state index in [9.17, 15) is 9.59 Å². The summed E-state index contributed by atoms with van der Waals surface area (Å²) in [5.41, 5.74) is -0.899. The molecule has 0 saturated carbocycles. The number of carbonyl (C=O) groups excluding carboxylic acids is 2. The zero-order valence-electron chi connectivity index (χ0n) is 9.20. The molecule has 6 heteroatoms. The van der Waals surface area contributed by atoms with E-state index in [0.717, 1.165) is 5.75 Å². The first kappa shape index (κ1) is 12.3. The Morgan fingerprint density at radius 1 is 1.53 bits per heavy atom. The van der Waals surface area contributed by atoms with Crippen LogP contribution in [0.5, 0.6) is 0 Å². The van der Waals surface area contributed by atoms with E-state index in [4.69, 9.17) is 4.74 Å². The van der Waals surface area contributed by atoms with Gasteiger partial charge < -0.3 is 10.1 Å². The largest absolute Gasteiger partial charge is 0.382 e. The van der Waals surface area contributed by atoms with E-state index in [1.807, 2.05) is 6.26 Å². The number of rotatable bonds is 5. The zero-order chi connectivity index (χ0) is 11.5. The van der Waals surface area contributed by atoms with Gasteiger partial charge in [0.05, 0.1) is 6.61 Å². The second kappa shape index (κ2) is 4.85. The predicted octanol–water partition coefficient (Wildman–Crippen LogP) is 0.306. The lowest BCUT2D eigenvalue weighted by atomic mass is 10.0. The van der Waals surface area contributed by atoms with Crippen LogP contribution >= 0.6 is 11.8 Å². The zero-order valence-corrected chi connectivity index (χ0v) is 10.0. The third-order valence-electron chi connectivity index (χ3n) is 2.30. The van der Waals surface area contributed by atoms with Crippen molar-refractivity contribution in [1.29, 1.82) is 0 Å². The van der Waals surface area contributed by atoms with E-state index in [1.54, 1.807) is 18.7 Å². The number of carbonyl (C=O) groups is 2. The molecule has 5 nitrogen and oxygen atoms in total. The smallest absolute Gasteiger partial charge is 0.325 e. The normalized spacial score (nSPS) is 25.9. The average Bonchev–Trinajstić information content (AvgIpc) is 2.37. The van der Waals surface area contributed by atoms with E-state index in [1.165, 1.54) is 12.0 Å². The topological polar surface area (TPSA) is 58.6 Å². The van der Waals surface area contributed by atoms with Gasteiger partial charge in [-0.3, -0.25) is 9.69 Å². The van der Waals surface area contributed by atoms with Crippen molar-refractivity contribution in [2.45, 2.75) is 12.5 Å². The number of ether oxygens (including phenoxy) is 1. The molecule has 1 heterocycles. The fraction of sp³-hybridized carbons (Fsp3) is 0.778. The maximum Gasteiger partial charge on any atom is 0.325 e. The molecule has 1 aliphatic rings. The summed E-state index contributed by atoms with van der Waals surface area (Å²) in [5, 5.41) is 2.64. The SMILES string of the molecule is COC[C@@]1(C)NC(=O)N(CCSC)C1=O. The molecule has 15 heavy (non-hydrogen) atoms. The maximum absolute atomic E-state index is 11.9. The number of amides is 3. The van der Waals surface area contributed by atoms with Gasteiger partial charge in [-0.15, -0.1) is 0 Å². The first-order chi connectivity index (χ1) is 7.05. The van der Waals surface area contributed by atoms with Crippen molar-refractivity contribution in [3.63, 3.8) is 0 Å². The van der Waals surface area contributed by atoms with Crippen molar-refractivity contribution in [3.05, 3.63) is 0 Å². The Morgan fingerprint density at radius 3 is 2.73 bits per heavy atom. The van der Waals surface area contributed by atoms with Crippen LogP contribution in [0.2, 0.25) is 0 Å². The van der Waals surface area contributed by atoms with E-state index in [0.29, 0.717) is 6.54 Å². The third-order valence-corrected chi connectivity index (χ3v) is 2.89. The van der Waals surface area contributed by atoms with Crippen molar-refractivity contribution in [3.8, 4) is 0 Å². The molecule has 1 rings (SSSR count). The Bertz CT molecular complexity index is 272. The molecule has 1 fully saturated rings. The van der Waals surface area contributed by atoms with Crippen molar-refractivity contribution in [2.75, 3.05) is 32.3 Å². The van der Waals surface area contributed by atoms with Crippen LogP contribution in [0.15, 0.2) is 0 Å². The highest BCUT2D eigenvalue weighted by Gasteiger charge is 2.47. The molecule has 0 radical (unpaired) electrons. The predicted molar refractivity (Wildman–Crippen MR) is 58.9 cm³/mol. The van der Waals surface area contributed by atoms with Gasteiger partial charge in [-0.25, -0.2) is 4.79 Å². The van der Waals surface area contributed by atoms with Crippen LogP contribution in [-0.4, -0.2) is 54.6 Å². The lowest BCUT2D eigenvalue weighted by Gasteiger charge is -2.20. The number of hydrogen-bond donors (Lipinski definition) is 1. The van der Waals surface area contributed by atoms with Gasteiger partial charge >= 0.3 is 6.03 Å². The molecule has 1 N–H and O–H groups in total. The monoisotopic (exact) mass is 232 g/mol. The Balaban J connectivity index is 2.69. The molecule has 0 aromatic carbocycles. The molecule has 0 unspecified atom stereocenters. The number of methoxy groups -OCH3 is 1. The summed E-state index contributed by atoms with van der Waals surface area (Å²) in [4.78, 5) is 24.6. The number of imide groups is 1. The Labute approximate surface area is 93.5 Å². The van der Waals surface area contributed by atoms with Gasteiger partial charge in [-0.1, -0.05) is 0 Å². The first-order valence-corrected chi connectivity index (χ1v) is 6.06. The van der Waals surface area contributed by atoms with Gasteiger partial charge in [0.25, 0.3) is 5.91 Å². The summed E-state index contributed by atoms with van der Waals surface area (Å²) in [7, 11) is 1.51. The van der Waals surface area contributed by atoms with E-state index < -0.39 is 5.54 Å². The molecule has 0 spiro atoms. The minimum Gasteiger partial charge on any atom is -0.382 e. The second-order valence-corrected chi connectivity index (χ2v) is 4.63. The van der Waals surface area contributed by atoms with Crippen LogP contribution in [0.1, 0.15) is 6.92 Å². The molecule has 0 aromatic rings. The quantitative estimate of drug-likeness (QED) is 0.693.